The van der Waals surface area contributed by atoms with Crippen LogP contribution in [0.1, 0.15) is 79.1 Å². The van der Waals surface area contributed by atoms with Gasteiger partial charge in [-0.25, -0.2) is 0 Å². The Morgan fingerprint density at radius 3 is 2.22 bits per heavy atom. The smallest absolute Gasteiger partial charge is 0.243 e. The molecule has 0 aliphatic heterocycles. The Morgan fingerprint density at radius 2 is 1.70 bits per heavy atom. The molecule has 0 aromatic rings. The van der Waals surface area contributed by atoms with Gasteiger partial charge in [0.05, 0.1) is 12.1 Å². The second kappa shape index (κ2) is 12.1. The fourth-order valence-electron chi connectivity index (χ4n) is 3.73. The van der Waals surface area contributed by atoms with Gasteiger partial charge in [-0.15, -0.1) is 0 Å². The lowest BCUT2D eigenvalue weighted by molar-refractivity contribution is -0.131. The summed E-state index contributed by atoms with van der Waals surface area (Å²) in [6.07, 6.45) is 9.71. The van der Waals surface area contributed by atoms with Gasteiger partial charge in [-0.05, 0) is 30.6 Å². The van der Waals surface area contributed by atoms with E-state index in [9.17, 15) is 14.4 Å². The number of hydrogen-bond donors (Lipinski definition) is 3. The Hall–Kier alpha value is -1.43. The van der Waals surface area contributed by atoms with E-state index in [0.717, 1.165) is 19.3 Å². The van der Waals surface area contributed by atoms with E-state index in [4.69, 9.17) is 5.73 Å². The van der Waals surface area contributed by atoms with Gasteiger partial charge in [-0.1, -0.05) is 66.2 Å². The summed E-state index contributed by atoms with van der Waals surface area (Å²) in [6, 6.07) is -1.95. The van der Waals surface area contributed by atoms with Crippen LogP contribution in [0.15, 0.2) is 0 Å². The zero-order valence-electron chi connectivity index (χ0n) is 17.4. The summed E-state index contributed by atoms with van der Waals surface area (Å²) in [5.41, 5.74) is 5.95. The van der Waals surface area contributed by atoms with Gasteiger partial charge < -0.3 is 16.4 Å². The fourth-order valence-corrected chi connectivity index (χ4v) is 3.73. The van der Waals surface area contributed by atoms with Crippen molar-refractivity contribution in [2.45, 2.75) is 97.2 Å². The average molecular weight is 381 g/mol. The molecule has 4 atom stereocenters. The largest absolute Gasteiger partial charge is 0.344 e. The Balaban J connectivity index is 2.69. The van der Waals surface area contributed by atoms with Crippen molar-refractivity contribution in [3.8, 4) is 0 Å². The van der Waals surface area contributed by atoms with Gasteiger partial charge in [0, 0.05) is 0 Å². The van der Waals surface area contributed by atoms with Crippen LogP contribution in [-0.4, -0.2) is 36.2 Å². The molecule has 0 bridgehead atoms. The number of amides is 2. The number of rotatable bonds is 11. The molecule has 6 heteroatoms. The van der Waals surface area contributed by atoms with Gasteiger partial charge >= 0.3 is 0 Å². The van der Waals surface area contributed by atoms with Crippen molar-refractivity contribution in [2.24, 2.45) is 23.5 Å². The molecular formula is C21H38N3O3. The lowest BCUT2D eigenvalue weighted by atomic mass is 9.85. The highest BCUT2D eigenvalue weighted by Gasteiger charge is 2.30. The molecule has 4 N–H and O–H groups in total. The first-order valence-electron chi connectivity index (χ1n) is 10.5. The van der Waals surface area contributed by atoms with E-state index in [1.165, 1.54) is 19.3 Å². The van der Waals surface area contributed by atoms with E-state index in [0.29, 0.717) is 24.7 Å². The molecule has 1 saturated carbocycles. The standard InChI is InChI=1S/C21H38N3O3/c1-5-15(4)19(24-20(26)18(22)11-14(2)3)21(27)23-17(13-25)12-16-9-7-6-8-10-16/h14-19H,5-12,22H2,1-4H3,(H,23,27)(H,24,26)/t15-,17-,18-,19-/m0/s1. The maximum Gasteiger partial charge on any atom is 0.243 e. The van der Waals surface area contributed by atoms with Gasteiger partial charge in [0.15, 0.2) is 0 Å². The maximum atomic E-state index is 12.8. The van der Waals surface area contributed by atoms with Crippen molar-refractivity contribution in [3.05, 3.63) is 0 Å². The topological polar surface area (TPSA) is 101 Å². The van der Waals surface area contributed by atoms with Crippen molar-refractivity contribution in [2.75, 3.05) is 0 Å². The van der Waals surface area contributed by atoms with Gasteiger partial charge in [0.2, 0.25) is 18.1 Å². The van der Waals surface area contributed by atoms with Crippen LogP contribution in [0.3, 0.4) is 0 Å². The zero-order chi connectivity index (χ0) is 20.4. The van der Waals surface area contributed by atoms with E-state index >= 15 is 0 Å². The van der Waals surface area contributed by atoms with Crippen molar-refractivity contribution in [1.29, 1.82) is 0 Å². The van der Waals surface area contributed by atoms with E-state index in [1.54, 1.807) is 0 Å². The number of nitrogens with one attached hydrogen (secondary N) is 2. The molecule has 1 radical (unpaired) electrons. The molecule has 0 heterocycles. The lowest BCUT2D eigenvalue weighted by Gasteiger charge is -2.28. The summed E-state index contributed by atoms with van der Waals surface area (Å²) >= 11 is 0. The minimum absolute atomic E-state index is 0.0535. The third kappa shape index (κ3) is 8.41. The quantitative estimate of drug-likeness (QED) is 0.512. The number of carbonyl (C=O) groups is 2. The zero-order valence-corrected chi connectivity index (χ0v) is 17.4. The highest BCUT2D eigenvalue weighted by Crippen LogP contribution is 2.27. The molecule has 2 amide bonds. The second-order valence-corrected chi connectivity index (χ2v) is 8.53. The molecule has 0 aromatic heterocycles. The Bertz CT molecular complexity index is 475. The van der Waals surface area contributed by atoms with Crippen molar-refractivity contribution < 1.29 is 14.4 Å². The molecule has 6 nitrogen and oxygen atoms in total. The molecule has 1 aliphatic carbocycles. The van der Waals surface area contributed by atoms with Crippen molar-refractivity contribution >= 4 is 18.1 Å². The first kappa shape index (κ1) is 23.6. The van der Waals surface area contributed by atoms with E-state index < -0.39 is 18.1 Å². The molecule has 1 fully saturated rings. The van der Waals surface area contributed by atoms with Crippen LogP contribution in [0, 0.1) is 17.8 Å². The third-order valence-corrected chi connectivity index (χ3v) is 5.61. The summed E-state index contributed by atoms with van der Waals surface area (Å²) in [7, 11) is 0. The second-order valence-electron chi connectivity index (χ2n) is 8.53. The molecule has 0 spiro atoms. The predicted molar refractivity (Wildman–Crippen MR) is 108 cm³/mol. The number of carbonyl (C=O) groups excluding carboxylic acids is 3. The van der Waals surface area contributed by atoms with Crippen LogP contribution in [0.2, 0.25) is 0 Å². The Kier molecular flexibility index (Phi) is 10.6. The summed E-state index contributed by atoms with van der Waals surface area (Å²) in [5, 5.41) is 5.60. The first-order chi connectivity index (χ1) is 12.8. The highest BCUT2D eigenvalue weighted by atomic mass is 16.2. The third-order valence-electron chi connectivity index (χ3n) is 5.61. The van der Waals surface area contributed by atoms with Gasteiger partial charge in [0.1, 0.15) is 6.04 Å². The van der Waals surface area contributed by atoms with Crippen LogP contribution >= 0.6 is 0 Å². The van der Waals surface area contributed by atoms with Crippen LogP contribution in [-0.2, 0) is 14.4 Å². The number of hydrogen-bond acceptors (Lipinski definition) is 4. The molecule has 0 saturated heterocycles. The van der Waals surface area contributed by atoms with E-state index in [2.05, 4.69) is 10.6 Å². The molecule has 1 aliphatic rings. The van der Waals surface area contributed by atoms with Crippen LogP contribution in [0.5, 0.6) is 0 Å². The average Bonchev–Trinajstić information content (AvgIpc) is 2.64. The minimum atomic E-state index is -0.692. The lowest BCUT2D eigenvalue weighted by Crippen LogP contribution is -2.56. The van der Waals surface area contributed by atoms with Crippen LogP contribution in [0.25, 0.3) is 0 Å². The molecule has 27 heavy (non-hydrogen) atoms. The Morgan fingerprint density at radius 1 is 1.07 bits per heavy atom. The summed E-state index contributed by atoms with van der Waals surface area (Å²) in [5.74, 6) is 0.0663. The molecule has 0 unspecified atom stereocenters. The minimum Gasteiger partial charge on any atom is -0.344 e. The van der Waals surface area contributed by atoms with Crippen LogP contribution < -0.4 is 16.4 Å². The van der Waals surface area contributed by atoms with Crippen molar-refractivity contribution in [3.63, 3.8) is 0 Å². The normalized spacial score (nSPS) is 19.8. The summed E-state index contributed by atoms with van der Waals surface area (Å²) in [6.45, 7) is 7.89. The first-order valence-corrected chi connectivity index (χ1v) is 10.5. The fraction of sp³-hybridized carbons (Fsp3) is 0.857. The SMILES string of the molecule is CC[C@H](C)[C@H](NC(=O)[C@@H](N)CC(C)C)C(=O)N[C@H]([C]=O)CC1CCCCC1. The van der Waals surface area contributed by atoms with E-state index in [-0.39, 0.29) is 17.7 Å². The van der Waals surface area contributed by atoms with E-state index in [1.807, 2.05) is 34.0 Å². The van der Waals surface area contributed by atoms with Gasteiger partial charge in [-0.3, -0.25) is 14.4 Å². The molecule has 0 aromatic carbocycles. The summed E-state index contributed by atoms with van der Waals surface area (Å²) in [4.78, 5) is 36.6. The summed E-state index contributed by atoms with van der Waals surface area (Å²) < 4.78 is 0. The molecule has 1 rings (SSSR count). The molecule has 155 valence electrons. The predicted octanol–water partition coefficient (Wildman–Crippen LogP) is 2.46. The Labute approximate surface area is 164 Å². The monoisotopic (exact) mass is 380 g/mol. The van der Waals surface area contributed by atoms with Gasteiger partial charge in [-0.2, -0.15) is 0 Å². The van der Waals surface area contributed by atoms with Crippen LogP contribution in [0.4, 0.5) is 0 Å². The highest BCUT2D eigenvalue weighted by molar-refractivity contribution is 5.91. The van der Waals surface area contributed by atoms with Crippen molar-refractivity contribution in [1.82, 2.24) is 10.6 Å². The number of nitrogens with two attached hydrogens (primary N) is 1. The molecular weight excluding hydrogens is 342 g/mol. The van der Waals surface area contributed by atoms with Gasteiger partial charge in [0.25, 0.3) is 0 Å². The maximum absolute atomic E-state index is 12.8.